The van der Waals surface area contributed by atoms with Gasteiger partial charge in [-0.1, -0.05) is 30.3 Å². The molecule has 7 nitrogen and oxygen atoms in total. The zero-order valence-corrected chi connectivity index (χ0v) is 16.1. The first-order valence-corrected chi connectivity index (χ1v) is 10.2. The van der Waals surface area contributed by atoms with Crippen molar-refractivity contribution in [3.63, 3.8) is 0 Å². The maximum Gasteiger partial charge on any atom is 0.252 e. The lowest BCUT2D eigenvalue weighted by Crippen LogP contribution is -2.32. The molecule has 1 saturated heterocycles. The van der Waals surface area contributed by atoms with Crippen molar-refractivity contribution < 1.29 is 9.53 Å². The predicted octanol–water partition coefficient (Wildman–Crippen LogP) is 2.86. The molecule has 0 spiro atoms. The normalized spacial score (nSPS) is 16.2. The Balaban J connectivity index is 1.43. The zero-order chi connectivity index (χ0) is 19.2. The first kappa shape index (κ1) is 18.6. The summed E-state index contributed by atoms with van der Waals surface area (Å²) in [5.41, 5.74) is 1.56. The fourth-order valence-corrected chi connectivity index (χ4v) is 4.05. The molecule has 0 radical (unpaired) electrons. The molecule has 1 N–H and O–H groups in total. The van der Waals surface area contributed by atoms with Gasteiger partial charge in [-0.25, -0.2) is 0 Å². The van der Waals surface area contributed by atoms with Crippen molar-refractivity contribution in [1.82, 2.24) is 25.5 Å². The van der Waals surface area contributed by atoms with Crippen LogP contribution in [0.4, 0.5) is 0 Å². The van der Waals surface area contributed by atoms with Crippen LogP contribution in [0.15, 0.2) is 59.5 Å². The van der Waals surface area contributed by atoms with E-state index in [1.807, 2.05) is 54.6 Å². The van der Waals surface area contributed by atoms with E-state index in [0.717, 1.165) is 35.9 Å². The van der Waals surface area contributed by atoms with Gasteiger partial charge in [-0.05, 0) is 47.5 Å². The smallest absolute Gasteiger partial charge is 0.252 e. The van der Waals surface area contributed by atoms with E-state index in [0.29, 0.717) is 17.9 Å². The number of carbonyl (C=O) groups excluding carboxylic acids is 1. The Morgan fingerprint density at radius 2 is 2.00 bits per heavy atom. The van der Waals surface area contributed by atoms with Crippen LogP contribution in [-0.4, -0.2) is 45.4 Å². The Hall–Kier alpha value is -2.71. The van der Waals surface area contributed by atoms with Crippen LogP contribution < -0.4 is 5.32 Å². The second kappa shape index (κ2) is 8.99. The van der Waals surface area contributed by atoms with Gasteiger partial charge < -0.3 is 10.1 Å². The van der Waals surface area contributed by atoms with Crippen molar-refractivity contribution in [2.45, 2.75) is 29.6 Å². The van der Waals surface area contributed by atoms with Crippen LogP contribution in [0.5, 0.6) is 0 Å². The second-order valence-electron chi connectivity index (χ2n) is 6.47. The van der Waals surface area contributed by atoms with Gasteiger partial charge in [-0.15, -0.1) is 16.9 Å². The van der Waals surface area contributed by atoms with Crippen molar-refractivity contribution >= 4 is 17.7 Å². The number of nitrogens with one attached hydrogen (secondary N) is 1. The van der Waals surface area contributed by atoms with E-state index >= 15 is 0 Å². The van der Waals surface area contributed by atoms with Crippen LogP contribution >= 0.6 is 11.8 Å². The van der Waals surface area contributed by atoms with Crippen LogP contribution in [0.2, 0.25) is 0 Å². The number of ether oxygens (including phenoxy) is 1. The maximum absolute atomic E-state index is 12.6. The van der Waals surface area contributed by atoms with Crippen LogP contribution in [0.25, 0.3) is 5.69 Å². The van der Waals surface area contributed by atoms with E-state index in [4.69, 9.17) is 4.74 Å². The summed E-state index contributed by atoms with van der Waals surface area (Å²) < 4.78 is 7.29. The van der Waals surface area contributed by atoms with Gasteiger partial charge in [-0.3, -0.25) is 4.79 Å². The van der Waals surface area contributed by atoms with Gasteiger partial charge in [0, 0.05) is 18.0 Å². The Morgan fingerprint density at radius 1 is 1.18 bits per heavy atom. The number of hydrogen-bond donors (Lipinski definition) is 1. The monoisotopic (exact) mass is 395 g/mol. The summed E-state index contributed by atoms with van der Waals surface area (Å²) in [4.78, 5) is 13.5. The Bertz CT molecular complexity index is 925. The molecule has 0 saturated carbocycles. The highest BCUT2D eigenvalue weighted by Gasteiger charge is 2.18. The van der Waals surface area contributed by atoms with E-state index in [-0.39, 0.29) is 12.0 Å². The number of hydrogen-bond acceptors (Lipinski definition) is 6. The SMILES string of the molecule is O=C(NCC1CCCO1)c1ccccc1SCc1nnnn1-c1ccccc1. The average molecular weight is 395 g/mol. The summed E-state index contributed by atoms with van der Waals surface area (Å²) in [6.45, 7) is 1.33. The number of amides is 1. The molecule has 28 heavy (non-hydrogen) atoms. The van der Waals surface area contributed by atoms with Gasteiger partial charge in [0.1, 0.15) is 0 Å². The average Bonchev–Trinajstić information content (AvgIpc) is 3.43. The summed E-state index contributed by atoms with van der Waals surface area (Å²) in [5, 5.41) is 15.0. The quantitative estimate of drug-likeness (QED) is 0.620. The van der Waals surface area contributed by atoms with Gasteiger partial charge in [0.05, 0.1) is 23.1 Å². The fourth-order valence-electron chi connectivity index (χ4n) is 3.09. The third kappa shape index (κ3) is 4.40. The van der Waals surface area contributed by atoms with Crippen molar-refractivity contribution in [3.8, 4) is 5.69 Å². The Morgan fingerprint density at radius 3 is 2.82 bits per heavy atom. The lowest BCUT2D eigenvalue weighted by atomic mass is 10.2. The van der Waals surface area contributed by atoms with Gasteiger partial charge in [0.2, 0.25) is 0 Å². The Kier molecular flexibility index (Phi) is 5.98. The van der Waals surface area contributed by atoms with E-state index < -0.39 is 0 Å². The van der Waals surface area contributed by atoms with Crippen LogP contribution in [-0.2, 0) is 10.5 Å². The molecule has 1 aliphatic heterocycles. The lowest BCUT2D eigenvalue weighted by Gasteiger charge is -2.13. The van der Waals surface area contributed by atoms with Gasteiger partial charge in [0.25, 0.3) is 5.91 Å². The number of nitrogens with zero attached hydrogens (tertiary/aromatic N) is 4. The third-order valence-electron chi connectivity index (χ3n) is 4.54. The van der Waals surface area contributed by atoms with Gasteiger partial charge in [-0.2, -0.15) is 4.68 Å². The number of carbonyl (C=O) groups is 1. The number of aromatic nitrogens is 4. The molecule has 1 unspecified atom stereocenters. The number of para-hydroxylation sites is 1. The van der Waals surface area contributed by atoms with Crippen LogP contribution in [0, 0.1) is 0 Å². The summed E-state index contributed by atoms with van der Waals surface area (Å²) >= 11 is 1.54. The third-order valence-corrected chi connectivity index (χ3v) is 5.61. The molecule has 1 aliphatic rings. The summed E-state index contributed by atoms with van der Waals surface area (Å²) in [6.07, 6.45) is 2.18. The standard InChI is InChI=1S/C20H21N5O2S/c26-20(21-13-16-9-6-12-27-16)17-10-4-5-11-18(17)28-14-19-22-23-24-25(19)15-7-2-1-3-8-15/h1-5,7-8,10-11,16H,6,9,12-14H2,(H,21,26). The van der Waals surface area contributed by atoms with Gasteiger partial charge in [0.15, 0.2) is 5.82 Å². The van der Waals surface area contributed by atoms with Crippen LogP contribution in [0.1, 0.15) is 29.0 Å². The predicted molar refractivity (Wildman–Crippen MR) is 106 cm³/mol. The topological polar surface area (TPSA) is 81.9 Å². The number of thioether (sulfide) groups is 1. The largest absolute Gasteiger partial charge is 0.376 e. The highest BCUT2D eigenvalue weighted by Crippen LogP contribution is 2.26. The first-order valence-electron chi connectivity index (χ1n) is 9.25. The number of benzene rings is 2. The molecule has 144 valence electrons. The Labute approximate surface area is 167 Å². The van der Waals surface area contributed by atoms with E-state index in [1.165, 1.54) is 0 Å². The van der Waals surface area contributed by atoms with Crippen LogP contribution in [0.3, 0.4) is 0 Å². The minimum Gasteiger partial charge on any atom is -0.376 e. The highest BCUT2D eigenvalue weighted by atomic mass is 32.2. The highest BCUT2D eigenvalue weighted by molar-refractivity contribution is 7.98. The molecular formula is C20H21N5O2S. The molecular weight excluding hydrogens is 374 g/mol. The number of rotatable bonds is 7. The fraction of sp³-hybridized carbons (Fsp3) is 0.300. The van der Waals surface area contributed by atoms with Crippen molar-refractivity contribution in [3.05, 3.63) is 66.0 Å². The van der Waals surface area contributed by atoms with Crippen molar-refractivity contribution in [1.29, 1.82) is 0 Å². The summed E-state index contributed by atoms with van der Waals surface area (Å²) in [6, 6.07) is 17.3. The minimum absolute atomic E-state index is 0.0822. The molecule has 2 heterocycles. The molecule has 0 aliphatic carbocycles. The molecule has 8 heteroatoms. The van der Waals surface area contributed by atoms with Crippen molar-refractivity contribution in [2.75, 3.05) is 13.2 Å². The molecule has 0 bridgehead atoms. The maximum atomic E-state index is 12.6. The van der Waals surface area contributed by atoms with E-state index in [1.54, 1.807) is 16.4 Å². The first-order chi connectivity index (χ1) is 13.8. The summed E-state index contributed by atoms with van der Waals surface area (Å²) in [5.74, 6) is 1.20. The molecule has 1 amide bonds. The molecule has 2 aromatic carbocycles. The zero-order valence-electron chi connectivity index (χ0n) is 15.3. The summed E-state index contributed by atoms with van der Waals surface area (Å²) in [7, 11) is 0. The van der Waals surface area contributed by atoms with E-state index in [9.17, 15) is 4.79 Å². The molecule has 1 aromatic heterocycles. The lowest BCUT2D eigenvalue weighted by molar-refractivity contribution is 0.0855. The molecule has 1 fully saturated rings. The van der Waals surface area contributed by atoms with Gasteiger partial charge >= 0.3 is 0 Å². The molecule has 4 rings (SSSR count). The molecule has 1 atom stereocenters. The minimum atomic E-state index is -0.0822. The van der Waals surface area contributed by atoms with Crippen molar-refractivity contribution in [2.24, 2.45) is 0 Å². The number of tetrazole rings is 1. The van der Waals surface area contributed by atoms with E-state index in [2.05, 4.69) is 20.8 Å². The second-order valence-corrected chi connectivity index (χ2v) is 7.49. The molecule has 3 aromatic rings.